The summed E-state index contributed by atoms with van der Waals surface area (Å²) >= 11 is 3.94. The van der Waals surface area contributed by atoms with Crippen molar-refractivity contribution in [3.8, 4) is 0 Å². The van der Waals surface area contributed by atoms with Crippen LogP contribution in [0.3, 0.4) is 0 Å². The van der Waals surface area contributed by atoms with E-state index >= 15 is 0 Å². The average Bonchev–Trinajstić information content (AvgIpc) is 2.25. The van der Waals surface area contributed by atoms with Gasteiger partial charge in [0.05, 0.1) is 0 Å². The highest BCUT2D eigenvalue weighted by atomic mass is 79.9. The molecule has 0 nitrogen and oxygen atoms in total. The number of benzene rings is 1. The summed E-state index contributed by atoms with van der Waals surface area (Å²) in [5.41, 5.74) is 4.38. The number of rotatable bonds is 7. The van der Waals surface area contributed by atoms with Gasteiger partial charge >= 0.3 is 0 Å². The fourth-order valence-electron chi connectivity index (χ4n) is 2.38. The highest BCUT2D eigenvalue weighted by molar-refractivity contribution is 9.62. The van der Waals surface area contributed by atoms with Crippen molar-refractivity contribution in [3.05, 3.63) is 34.9 Å². The maximum atomic E-state index is 3.94. The second kappa shape index (κ2) is 6.67. The Morgan fingerprint density at radius 3 is 2.21 bits per heavy atom. The van der Waals surface area contributed by atoms with Gasteiger partial charge in [-0.15, -0.1) is 0 Å². The van der Waals surface area contributed by atoms with E-state index in [1.54, 1.807) is 5.56 Å². The third-order valence-corrected chi connectivity index (χ3v) is 6.51. The van der Waals surface area contributed by atoms with Crippen LogP contribution in [0, 0.1) is 13.8 Å². The first-order valence-corrected chi connectivity index (χ1v) is 13.2. The van der Waals surface area contributed by atoms with Crippen molar-refractivity contribution in [2.45, 2.75) is 46.0 Å². The van der Waals surface area contributed by atoms with Crippen LogP contribution in [0.25, 0.3) is 0 Å². The summed E-state index contributed by atoms with van der Waals surface area (Å²) in [5, 5.41) is 0. The van der Waals surface area contributed by atoms with Crippen LogP contribution in [-0.4, -0.2) is 24.5 Å². The largest absolute Gasteiger partial charge is 0.245 e. The van der Waals surface area contributed by atoms with Crippen LogP contribution in [0.4, 0.5) is 0 Å². The fourth-order valence-corrected chi connectivity index (χ4v) is 4.43. The first kappa shape index (κ1) is 17.1. The van der Waals surface area contributed by atoms with Gasteiger partial charge in [-0.2, -0.15) is 0 Å². The van der Waals surface area contributed by atoms with Crippen molar-refractivity contribution >= 4 is 22.4 Å². The Labute approximate surface area is 127 Å². The first-order chi connectivity index (χ1) is 8.63. The summed E-state index contributed by atoms with van der Waals surface area (Å²) in [4.78, 5) is 0. The van der Waals surface area contributed by atoms with Crippen LogP contribution in [-0.2, 0) is 6.42 Å². The normalized spacial score (nSPS) is 14.1. The fraction of sp³-hybridized carbons (Fsp3) is 0.647. The topological polar surface area (TPSA) is 0 Å². The SMILES string of the molecule is Cc1ccc(C)c(CCCCCC[SH](C)(C)(C)Br)c1. The van der Waals surface area contributed by atoms with Crippen molar-refractivity contribution in [3.63, 3.8) is 0 Å². The molecule has 0 unspecified atom stereocenters. The van der Waals surface area contributed by atoms with Gasteiger partial charge < -0.3 is 0 Å². The lowest BCUT2D eigenvalue weighted by atomic mass is 10.00. The van der Waals surface area contributed by atoms with Gasteiger partial charge in [-0.1, -0.05) is 51.4 Å². The summed E-state index contributed by atoms with van der Waals surface area (Å²) in [6.45, 7) is 4.42. The highest BCUT2D eigenvalue weighted by Crippen LogP contribution is 2.67. The van der Waals surface area contributed by atoms with E-state index in [4.69, 9.17) is 0 Å². The molecule has 0 atom stereocenters. The quantitative estimate of drug-likeness (QED) is 0.476. The van der Waals surface area contributed by atoms with Crippen LogP contribution in [0.2, 0.25) is 0 Å². The molecule has 112 valence electrons. The van der Waals surface area contributed by atoms with Crippen molar-refractivity contribution < 1.29 is 0 Å². The van der Waals surface area contributed by atoms with Crippen LogP contribution < -0.4 is 0 Å². The van der Waals surface area contributed by atoms with Gasteiger partial charge in [0.1, 0.15) is 0 Å². The lowest BCUT2D eigenvalue weighted by Crippen LogP contribution is -2.08. The molecule has 0 saturated heterocycles. The molecule has 0 heterocycles. The predicted molar refractivity (Wildman–Crippen MR) is 98.6 cm³/mol. The number of thiol groups is 1. The van der Waals surface area contributed by atoms with Gasteiger partial charge in [0, 0.05) is 0 Å². The van der Waals surface area contributed by atoms with Crippen LogP contribution >= 0.6 is 22.4 Å². The molecule has 1 aromatic carbocycles. The van der Waals surface area contributed by atoms with E-state index in [1.807, 2.05) is 0 Å². The molecule has 19 heavy (non-hydrogen) atoms. The summed E-state index contributed by atoms with van der Waals surface area (Å²) in [5.74, 6) is 1.37. The Kier molecular flexibility index (Phi) is 6.00. The molecule has 0 saturated carbocycles. The molecule has 0 N–H and O–H groups in total. The van der Waals surface area contributed by atoms with Crippen molar-refractivity contribution in [1.29, 1.82) is 0 Å². The minimum Gasteiger partial charge on any atom is -0.245 e. The number of aryl methyl sites for hydroxylation is 3. The minimum absolute atomic E-state index is 1.25. The second-order valence-electron chi connectivity index (χ2n) is 7.23. The van der Waals surface area contributed by atoms with Gasteiger partial charge in [-0.05, 0) is 68.8 Å². The number of halogens is 1. The van der Waals surface area contributed by atoms with Gasteiger partial charge in [0.2, 0.25) is 0 Å². The molecule has 2 heteroatoms. The Morgan fingerprint density at radius 2 is 1.58 bits per heavy atom. The predicted octanol–water partition coefficient (Wildman–Crippen LogP) is 5.68. The lowest BCUT2D eigenvalue weighted by Gasteiger charge is -2.44. The van der Waals surface area contributed by atoms with Crippen molar-refractivity contribution in [2.24, 2.45) is 0 Å². The average molecular weight is 347 g/mol. The molecule has 0 spiro atoms. The Morgan fingerprint density at radius 1 is 0.947 bits per heavy atom. The molecule has 0 aliphatic heterocycles. The van der Waals surface area contributed by atoms with E-state index in [2.05, 4.69) is 65.6 Å². The van der Waals surface area contributed by atoms with Crippen molar-refractivity contribution in [2.75, 3.05) is 24.5 Å². The Balaban J connectivity index is 2.23. The monoisotopic (exact) mass is 346 g/mol. The Bertz CT molecular complexity index is 406. The van der Waals surface area contributed by atoms with Crippen molar-refractivity contribution in [1.82, 2.24) is 0 Å². The molecular formula is C17H31BrS. The smallest absolute Gasteiger partial charge is 0.0276 e. The molecule has 0 aliphatic carbocycles. The van der Waals surface area contributed by atoms with E-state index in [-0.39, 0.29) is 0 Å². The van der Waals surface area contributed by atoms with E-state index in [9.17, 15) is 0 Å². The second-order valence-corrected chi connectivity index (χ2v) is 21.4. The number of hydrogen-bond acceptors (Lipinski definition) is 0. The van der Waals surface area contributed by atoms with E-state index in [0.717, 1.165) is 0 Å². The zero-order valence-electron chi connectivity index (χ0n) is 13.3. The molecule has 0 fully saturated rings. The molecule has 0 bridgehead atoms. The molecule has 1 rings (SSSR count). The van der Waals surface area contributed by atoms with Crippen LogP contribution in [0.1, 0.15) is 42.4 Å². The first-order valence-electron chi connectivity index (χ1n) is 7.42. The van der Waals surface area contributed by atoms with E-state index < -0.39 is 7.59 Å². The number of unbranched alkanes of at least 4 members (excludes halogenated alkanes) is 3. The third-order valence-electron chi connectivity index (χ3n) is 3.61. The zero-order chi connectivity index (χ0) is 14.5. The molecular weight excluding hydrogens is 316 g/mol. The van der Waals surface area contributed by atoms with E-state index in [1.165, 1.54) is 49.0 Å². The summed E-state index contributed by atoms with van der Waals surface area (Å²) in [6, 6.07) is 6.82. The third kappa shape index (κ3) is 8.04. The van der Waals surface area contributed by atoms with Gasteiger partial charge in [0.25, 0.3) is 0 Å². The van der Waals surface area contributed by atoms with Gasteiger partial charge in [-0.3, -0.25) is 0 Å². The maximum absolute atomic E-state index is 3.94. The lowest BCUT2D eigenvalue weighted by molar-refractivity contribution is 0.668. The maximum Gasteiger partial charge on any atom is -0.0276 e. The molecule has 1 aromatic rings. The van der Waals surface area contributed by atoms with Crippen LogP contribution in [0.15, 0.2) is 18.2 Å². The summed E-state index contributed by atoms with van der Waals surface area (Å²) in [6.07, 6.45) is 13.9. The summed E-state index contributed by atoms with van der Waals surface area (Å²) < 4.78 is 0. The molecule has 0 amide bonds. The minimum atomic E-state index is -1.44. The number of hydrogen-bond donors (Lipinski definition) is 1. The van der Waals surface area contributed by atoms with E-state index in [0.29, 0.717) is 0 Å². The van der Waals surface area contributed by atoms with Gasteiger partial charge in [-0.25, -0.2) is 7.59 Å². The highest BCUT2D eigenvalue weighted by Gasteiger charge is 2.19. The zero-order valence-corrected chi connectivity index (χ0v) is 15.8. The Hall–Kier alpha value is 0.0500. The molecule has 0 radical (unpaired) electrons. The van der Waals surface area contributed by atoms with Gasteiger partial charge in [0.15, 0.2) is 0 Å². The standard InChI is InChI=1S/C17H31BrS/c1-15-11-12-16(2)17(14-15)10-8-6-7-9-13-19(3,4,5)18/h11-12,14,19H,6-10,13H2,1-5H3. The summed E-state index contributed by atoms with van der Waals surface area (Å²) in [7, 11) is -1.44. The molecule has 0 aliphatic rings. The van der Waals surface area contributed by atoms with Crippen LogP contribution in [0.5, 0.6) is 0 Å². The molecule has 0 aromatic heterocycles.